The molecular weight excluding hydrogens is 423 g/mol. The van der Waals surface area contributed by atoms with Gasteiger partial charge in [-0.3, -0.25) is 19.4 Å². The van der Waals surface area contributed by atoms with Crippen molar-refractivity contribution in [3.63, 3.8) is 0 Å². The summed E-state index contributed by atoms with van der Waals surface area (Å²) < 4.78 is 42.0. The van der Waals surface area contributed by atoms with E-state index in [9.17, 15) is 22.8 Å². The summed E-state index contributed by atoms with van der Waals surface area (Å²) in [5.41, 5.74) is 1.05. The van der Waals surface area contributed by atoms with Crippen LogP contribution in [0.2, 0.25) is 5.15 Å². The van der Waals surface area contributed by atoms with Gasteiger partial charge in [0.05, 0.1) is 12.1 Å². The summed E-state index contributed by atoms with van der Waals surface area (Å²) in [6.07, 6.45) is -1.22. The van der Waals surface area contributed by atoms with E-state index in [2.05, 4.69) is 10.4 Å². The highest BCUT2D eigenvalue weighted by molar-refractivity contribution is 6.33. The van der Waals surface area contributed by atoms with Crippen LogP contribution in [0, 0.1) is 0 Å². The predicted octanol–water partition coefficient (Wildman–Crippen LogP) is 3.33. The standard InChI is InChI=1S/C19H23ClF3N5O2/c1-11(2)26(3)6-7-28(24-10-29)18(30)15-16(20)27-9-13(12-4-5-12)8-14(17(27)25-15)19(21,22)23/h8-12H,4-7H2,1-3H3,(H,24,29). The summed E-state index contributed by atoms with van der Waals surface area (Å²) in [4.78, 5) is 29.8. The minimum Gasteiger partial charge on any atom is -0.302 e. The molecule has 11 heteroatoms. The van der Waals surface area contributed by atoms with Gasteiger partial charge in [0, 0.05) is 18.8 Å². The number of carbonyl (C=O) groups is 2. The fourth-order valence-electron chi connectivity index (χ4n) is 3.06. The number of likely N-dealkylation sites (N-methyl/N-ethyl adjacent to an activating group) is 1. The van der Waals surface area contributed by atoms with Gasteiger partial charge < -0.3 is 4.90 Å². The number of halogens is 4. The average Bonchev–Trinajstić information content (AvgIpc) is 3.47. The maximum Gasteiger partial charge on any atom is 0.419 e. The molecule has 1 aliphatic carbocycles. The van der Waals surface area contributed by atoms with Gasteiger partial charge in [0.25, 0.3) is 5.91 Å². The number of carbonyl (C=O) groups excluding carboxylic acids is 2. The molecular formula is C19H23ClF3N5O2. The molecule has 1 saturated carbocycles. The van der Waals surface area contributed by atoms with Gasteiger partial charge in [0.1, 0.15) is 5.15 Å². The quantitative estimate of drug-likeness (QED) is 0.500. The summed E-state index contributed by atoms with van der Waals surface area (Å²) in [6.45, 7) is 4.47. The van der Waals surface area contributed by atoms with E-state index in [4.69, 9.17) is 11.6 Å². The van der Waals surface area contributed by atoms with Crippen molar-refractivity contribution in [1.82, 2.24) is 24.7 Å². The van der Waals surface area contributed by atoms with Crippen molar-refractivity contribution < 1.29 is 22.8 Å². The van der Waals surface area contributed by atoms with Crippen LogP contribution < -0.4 is 5.43 Å². The fraction of sp³-hybridized carbons (Fsp3) is 0.526. The second kappa shape index (κ2) is 8.43. The Morgan fingerprint density at radius 1 is 1.40 bits per heavy atom. The summed E-state index contributed by atoms with van der Waals surface area (Å²) in [5.74, 6) is -0.734. The minimum absolute atomic E-state index is 0.0490. The summed E-state index contributed by atoms with van der Waals surface area (Å²) >= 11 is 6.29. The molecule has 164 valence electrons. The highest BCUT2D eigenvalue weighted by Crippen LogP contribution is 2.43. The molecule has 0 bridgehead atoms. The zero-order valence-electron chi connectivity index (χ0n) is 16.8. The first-order valence-electron chi connectivity index (χ1n) is 9.55. The Morgan fingerprint density at radius 3 is 2.60 bits per heavy atom. The number of aromatic nitrogens is 2. The number of nitrogens with zero attached hydrogens (tertiary/aromatic N) is 4. The number of fused-ring (bicyclic) bond motifs is 1. The van der Waals surface area contributed by atoms with Crippen molar-refractivity contribution in [2.24, 2.45) is 0 Å². The third-order valence-electron chi connectivity index (χ3n) is 5.25. The first kappa shape index (κ1) is 22.4. The molecule has 0 spiro atoms. The average molecular weight is 446 g/mol. The Labute approximate surface area is 176 Å². The number of pyridine rings is 1. The second-order valence-corrected chi connectivity index (χ2v) is 8.04. The molecule has 3 rings (SSSR count). The van der Waals surface area contributed by atoms with Crippen LogP contribution in [0.1, 0.15) is 54.2 Å². The lowest BCUT2D eigenvalue weighted by atomic mass is 10.1. The van der Waals surface area contributed by atoms with Crippen LogP contribution in [0.5, 0.6) is 0 Å². The molecule has 2 heterocycles. The first-order chi connectivity index (χ1) is 14.0. The molecule has 1 fully saturated rings. The lowest BCUT2D eigenvalue weighted by Crippen LogP contribution is -2.46. The van der Waals surface area contributed by atoms with Gasteiger partial charge in [-0.15, -0.1) is 0 Å². The third-order valence-corrected chi connectivity index (χ3v) is 5.61. The van der Waals surface area contributed by atoms with E-state index in [0.29, 0.717) is 18.5 Å². The maximum absolute atomic E-state index is 13.6. The van der Waals surface area contributed by atoms with Crippen LogP contribution in [-0.2, 0) is 11.0 Å². The number of alkyl halides is 3. The molecule has 0 radical (unpaired) electrons. The minimum atomic E-state index is -4.65. The molecule has 1 aliphatic rings. The van der Waals surface area contributed by atoms with Crippen LogP contribution in [0.15, 0.2) is 12.3 Å². The molecule has 30 heavy (non-hydrogen) atoms. The number of nitrogens with one attached hydrogen (secondary N) is 1. The zero-order chi connectivity index (χ0) is 22.2. The predicted molar refractivity (Wildman–Crippen MR) is 105 cm³/mol. The molecule has 2 aromatic heterocycles. The smallest absolute Gasteiger partial charge is 0.302 e. The number of amides is 2. The fourth-order valence-corrected chi connectivity index (χ4v) is 3.31. The van der Waals surface area contributed by atoms with Crippen LogP contribution in [0.3, 0.4) is 0 Å². The summed E-state index contributed by atoms with van der Waals surface area (Å²) in [5, 5.41) is 0.770. The van der Waals surface area contributed by atoms with Crippen molar-refractivity contribution in [3.05, 3.63) is 34.2 Å². The van der Waals surface area contributed by atoms with Gasteiger partial charge >= 0.3 is 6.18 Å². The first-order valence-corrected chi connectivity index (χ1v) is 9.93. The van der Waals surface area contributed by atoms with Crippen molar-refractivity contribution in [3.8, 4) is 0 Å². The van der Waals surface area contributed by atoms with Gasteiger partial charge in [0.15, 0.2) is 11.3 Å². The normalized spacial score (nSPS) is 14.6. The van der Waals surface area contributed by atoms with Gasteiger partial charge in [-0.05, 0) is 51.3 Å². The highest BCUT2D eigenvalue weighted by atomic mass is 35.5. The van der Waals surface area contributed by atoms with Crippen LogP contribution >= 0.6 is 11.6 Å². The topological polar surface area (TPSA) is 69.9 Å². The molecule has 2 aromatic rings. The van der Waals surface area contributed by atoms with E-state index < -0.39 is 23.3 Å². The van der Waals surface area contributed by atoms with Crippen LogP contribution in [0.4, 0.5) is 13.2 Å². The van der Waals surface area contributed by atoms with E-state index in [1.807, 2.05) is 25.8 Å². The molecule has 2 amide bonds. The van der Waals surface area contributed by atoms with E-state index in [1.165, 1.54) is 6.20 Å². The Balaban J connectivity index is 2.00. The van der Waals surface area contributed by atoms with Crippen molar-refractivity contribution >= 4 is 29.6 Å². The van der Waals surface area contributed by atoms with E-state index >= 15 is 0 Å². The Hall–Kier alpha value is -2.33. The molecule has 0 saturated heterocycles. The van der Waals surface area contributed by atoms with Crippen molar-refractivity contribution in [2.75, 3.05) is 20.1 Å². The monoisotopic (exact) mass is 445 g/mol. The second-order valence-electron chi connectivity index (χ2n) is 7.68. The van der Waals surface area contributed by atoms with Crippen molar-refractivity contribution in [1.29, 1.82) is 0 Å². The third kappa shape index (κ3) is 4.54. The lowest BCUT2D eigenvalue weighted by Gasteiger charge is -2.26. The Bertz CT molecular complexity index is 956. The summed E-state index contributed by atoms with van der Waals surface area (Å²) in [7, 11) is 1.85. The Morgan fingerprint density at radius 2 is 2.07 bits per heavy atom. The number of hydrogen-bond donors (Lipinski definition) is 1. The van der Waals surface area contributed by atoms with Gasteiger partial charge in [-0.25, -0.2) is 9.99 Å². The van der Waals surface area contributed by atoms with Crippen LogP contribution in [-0.4, -0.2) is 57.8 Å². The number of hydrazine groups is 1. The number of rotatable bonds is 8. The molecule has 0 aliphatic heterocycles. The Kier molecular flexibility index (Phi) is 6.28. The summed E-state index contributed by atoms with van der Waals surface area (Å²) in [6, 6.07) is 1.27. The zero-order valence-corrected chi connectivity index (χ0v) is 17.6. The highest BCUT2D eigenvalue weighted by Gasteiger charge is 2.38. The van der Waals surface area contributed by atoms with Crippen LogP contribution in [0.25, 0.3) is 5.65 Å². The SMILES string of the molecule is CC(C)N(C)CCN(NC=O)C(=O)c1nc2c(C(F)(F)F)cc(C3CC3)cn2c1Cl. The molecule has 1 N–H and O–H groups in total. The van der Waals surface area contributed by atoms with E-state index in [-0.39, 0.29) is 29.4 Å². The molecule has 7 nitrogen and oxygen atoms in total. The van der Waals surface area contributed by atoms with Gasteiger partial charge in [0.2, 0.25) is 6.41 Å². The number of hydrogen-bond acceptors (Lipinski definition) is 4. The lowest BCUT2D eigenvalue weighted by molar-refractivity contribution is -0.136. The largest absolute Gasteiger partial charge is 0.419 e. The number of imidazole rings is 1. The maximum atomic E-state index is 13.6. The van der Waals surface area contributed by atoms with Gasteiger partial charge in [-0.2, -0.15) is 13.2 Å². The van der Waals surface area contributed by atoms with Crippen molar-refractivity contribution in [2.45, 2.75) is 44.8 Å². The van der Waals surface area contributed by atoms with Gasteiger partial charge in [-0.1, -0.05) is 11.6 Å². The van der Waals surface area contributed by atoms with E-state index in [1.54, 1.807) is 0 Å². The molecule has 0 unspecified atom stereocenters. The molecule has 0 atom stereocenters. The van der Waals surface area contributed by atoms with E-state index in [0.717, 1.165) is 28.3 Å². The molecule has 0 aromatic carbocycles.